The monoisotopic (exact) mass is 288 g/mol. The van der Waals surface area contributed by atoms with E-state index in [0.717, 1.165) is 17.2 Å². The average molecular weight is 288 g/mol. The van der Waals surface area contributed by atoms with Gasteiger partial charge in [0, 0.05) is 19.5 Å². The molecule has 1 aromatic heterocycles. The number of anilines is 2. The lowest BCUT2D eigenvalue weighted by Crippen LogP contribution is -2.19. The minimum atomic E-state index is -0.261. The van der Waals surface area contributed by atoms with Gasteiger partial charge in [0.05, 0.1) is 23.3 Å². The first-order chi connectivity index (χ1) is 10.0. The van der Waals surface area contributed by atoms with Gasteiger partial charge < -0.3 is 10.2 Å². The first-order valence-electron chi connectivity index (χ1n) is 7.03. The van der Waals surface area contributed by atoms with Crippen LogP contribution in [0.15, 0.2) is 30.5 Å². The molecule has 0 saturated heterocycles. The molecular weight excluding hydrogens is 267 g/mol. The van der Waals surface area contributed by atoms with Crippen molar-refractivity contribution in [1.82, 2.24) is 15.3 Å². The second-order valence-electron chi connectivity index (χ2n) is 5.26. The largest absolute Gasteiger partial charge is 0.339 e. The summed E-state index contributed by atoms with van der Waals surface area (Å²) >= 11 is 0. The zero-order chi connectivity index (χ0) is 15.4. The number of benzene rings is 1. The van der Waals surface area contributed by atoms with Crippen LogP contribution in [0.4, 0.5) is 15.8 Å². The Labute approximate surface area is 125 Å². The molecule has 5 heteroatoms. The van der Waals surface area contributed by atoms with Gasteiger partial charge in [0.15, 0.2) is 0 Å². The first-order valence-corrected chi connectivity index (χ1v) is 7.03. The van der Waals surface area contributed by atoms with E-state index in [-0.39, 0.29) is 11.7 Å². The molecule has 2 rings (SSSR count). The van der Waals surface area contributed by atoms with E-state index in [9.17, 15) is 4.39 Å². The third kappa shape index (κ3) is 3.36. The molecule has 21 heavy (non-hydrogen) atoms. The number of aromatic nitrogens is 2. The quantitative estimate of drug-likeness (QED) is 0.917. The highest BCUT2D eigenvalue weighted by molar-refractivity contribution is 5.64. The predicted molar refractivity (Wildman–Crippen MR) is 83.3 cm³/mol. The standard InChI is InChI=1S/C16H21FN4/c1-11(2)16-19-10-15(13(20-16)9-18-3)21(4)14-8-6-5-7-12(14)17/h5-8,10-11,18H,9H2,1-4H3. The Hall–Kier alpha value is -2.01. The lowest BCUT2D eigenvalue weighted by Gasteiger charge is -2.22. The summed E-state index contributed by atoms with van der Waals surface area (Å²) in [4.78, 5) is 10.8. The van der Waals surface area contributed by atoms with Crippen molar-refractivity contribution in [1.29, 1.82) is 0 Å². The number of nitrogens with one attached hydrogen (secondary N) is 1. The summed E-state index contributed by atoms with van der Waals surface area (Å²) in [6.07, 6.45) is 1.77. The third-order valence-electron chi connectivity index (χ3n) is 3.30. The summed E-state index contributed by atoms with van der Waals surface area (Å²) < 4.78 is 14.0. The van der Waals surface area contributed by atoms with E-state index < -0.39 is 0 Å². The SMILES string of the molecule is CNCc1nc(C(C)C)ncc1N(C)c1ccccc1F. The van der Waals surface area contributed by atoms with Gasteiger partial charge in [-0.05, 0) is 19.2 Å². The van der Waals surface area contributed by atoms with Crippen molar-refractivity contribution in [3.63, 3.8) is 0 Å². The molecule has 0 atom stereocenters. The zero-order valence-electron chi connectivity index (χ0n) is 12.9. The van der Waals surface area contributed by atoms with Crippen LogP contribution < -0.4 is 10.2 Å². The molecule has 0 bridgehead atoms. The molecule has 0 aliphatic rings. The Morgan fingerprint density at radius 3 is 2.57 bits per heavy atom. The summed E-state index contributed by atoms with van der Waals surface area (Å²) in [7, 11) is 3.69. The molecule has 112 valence electrons. The topological polar surface area (TPSA) is 41.1 Å². The van der Waals surface area contributed by atoms with Crippen molar-refractivity contribution in [3.05, 3.63) is 47.8 Å². The van der Waals surface area contributed by atoms with E-state index >= 15 is 0 Å². The Morgan fingerprint density at radius 1 is 1.24 bits per heavy atom. The Balaban J connectivity index is 2.45. The molecular formula is C16H21FN4. The predicted octanol–water partition coefficient (Wildman–Crippen LogP) is 3.23. The van der Waals surface area contributed by atoms with Crippen molar-refractivity contribution in [2.45, 2.75) is 26.3 Å². The smallest absolute Gasteiger partial charge is 0.146 e. The molecule has 0 radical (unpaired) electrons. The summed E-state index contributed by atoms with van der Waals surface area (Å²) in [5.41, 5.74) is 2.18. The minimum Gasteiger partial charge on any atom is -0.339 e. The van der Waals surface area contributed by atoms with E-state index in [0.29, 0.717) is 12.2 Å². The van der Waals surface area contributed by atoms with Gasteiger partial charge in [-0.1, -0.05) is 26.0 Å². The number of para-hydroxylation sites is 1. The lowest BCUT2D eigenvalue weighted by molar-refractivity contribution is 0.627. The van der Waals surface area contributed by atoms with Crippen LogP contribution in [-0.4, -0.2) is 24.1 Å². The highest BCUT2D eigenvalue weighted by Crippen LogP contribution is 2.28. The van der Waals surface area contributed by atoms with Gasteiger partial charge in [0.2, 0.25) is 0 Å². The maximum absolute atomic E-state index is 14.0. The molecule has 0 unspecified atom stereocenters. The van der Waals surface area contributed by atoms with Gasteiger partial charge in [0.1, 0.15) is 11.6 Å². The van der Waals surface area contributed by atoms with E-state index in [1.807, 2.05) is 20.2 Å². The Morgan fingerprint density at radius 2 is 1.95 bits per heavy atom. The van der Waals surface area contributed by atoms with Crippen molar-refractivity contribution < 1.29 is 4.39 Å². The second-order valence-corrected chi connectivity index (χ2v) is 5.26. The van der Waals surface area contributed by atoms with Crippen LogP contribution in [0.1, 0.15) is 31.3 Å². The summed E-state index contributed by atoms with van der Waals surface area (Å²) in [6, 6.07) is 6.69. The van der Waals surface area contributed by atoms with Gasteiger partial charge in [-0.3, -0.25) is 0 Å². The molecule has 1 heterocycles. The third-order valence-corrected chi connectivity index (χ3v) is 3.30. The van der Waals surface area contributed by atoms with Gasteiger partial charge in [0.25, 0.3) is 0 Å². The molecule has 0 spiro atoms. The van der Waals surface area contributed by atoms with Crippen LogP contribution in [0.25, 0.3) is 0 Å². The molecule has 1 N–H and O–H groups in total. The van der Waals surface area contributed by atoms with Crippen molar-refractivity contribution in [2.24, 2.45) is 0 Å². The fourth-order valence-electron chi connectivity index (χ4n) is 2.14. The van der Waals surface area contributed by atoms with Crippen molar-refractivity contribution in [3.8, 4) is 0 Å². The molecule has 0 aliphatic heterocycles. The van der Waals surface area contributed by atoms with Gasteiger partial charge >= 0.3 is 0 Å². The van der Waals surface area contributed by atoms with E-state index in [1.165, 1.54) is 6.07 Å². The fraction of sp³-hybridized carbons (Fsp3) is 0.375. The summed E-state index contributed by atoms with van der Waals surface area (Å²) in [5.74, 6) is 0.794. The van der Waals surface area contributed by atoms with Crippen LogP contribution in [0.3, 0.4) is 0 Å². The summed E-state index contributed by atoms with van der Waals surface area (Å²) in [6.45, 7) is 4.72. The van der Waals surface area contributed by atoms with Crippen LogP contribution in [0.2, 0.25) is 0 Å². The van der Waals surface area contributed by atoms with Crippen molar-refractivity contribution >= 4 is 11.4 Å². The van der Waals surface area contributed by atoms with Crippen molar-refractivity contribution in [2.75, 3.05) is 19.0 Å². The number of hydrogen-bond acceptors (Lipinski definition) is 4. The fourth-order valence-corrected chi connectivity index (χ4v) is 2.14. The Kier molecular flexibility index (Phi) is 4.85. The molecule has 0 amide bonds. The number of hydrogen-bond donors (Lipinski definition) is 1. The average Bonchev–Trinajstić information content (AvgIpc) is 2.47. The highest BCUT2D eigenvalue weighted by Gasteiger charge is 2.15. The maximum Gasteiger partial charge on any atom is 0.146 e. The lowest BCUT2D eigenvalue weighted by atomic mass is 10.2. The van der Waals surface area contributed by atoms with Gasteiger partial charge in [-0.25, -0.2) is 14.4 Å². The zero-order valence-corrected chi connectivity index (χ0v) is 12.9. The van der Waals surface area contributed by atoms with Gasteiger partial charge in [-0.2, -0.15) is 0 Å². The molecule has 1 aromatic carbocycles. The second kappa shape index (κ2) is 6.63. The van der Waals surface area contributed by atoms with Gasteiger partial charge in [-0.15, -0.1) is 0 Å². The van der Waals surface area contributed by atoms with Crippen LogP contribution in [0.5, 0.6) is 0 Å². The van der Waals surface area contributed by atoms with E-state index in [2.05, 4.69) is 29.1 Å². The number of rotatable bonds is 5. The van der Waals surface area contributed by atoms with E-state index in [1.54, 1.807) is 23.2 Å². The molecule has 0 aliphatic carbocycles. The molecule has 2 aromatic rings. The van der Waals surface area contributed by atoms with E-state index in [4.69, 9.17) is 0 Å². The molecule has 0 fully saturated rings. The summed E-state index contributed by atoms with van der Waals surface area (Å²) in [5, 5.41) is 3.10. The van der Waals surface area contributed by atoms with Crippen LogP contribution in [-0.2, 0) is 6.54 Å². The molecule has 0 saturated carbocycles. The first kappa shape index (κ1) is 15.4. The van der Waals surface area contributed by atoms with Crippen LogP contribution >= 0.6 is 0 Å². The highest BCUT2D eigenvalue weighted by atomic mass is 19.1. The minimum absolute atomic E-state index is 0.258. The molecule has 4 nitrogen and oxygen atoms in total. The Bertz CT molecular complexity index is 613. The van der Waals surface area contributed by atoms with Crippen LogP contribution in [0, 0.1) is 5.82 Å². The number of nitrogens with zero attached hydrogens (tertiary/aromatic N) is 3. The number of halogens is 1. The maximum atomic E-state index is 14.0. The normalized spacial score (nSPS) is 11.0.